The van der Waals surface area contributed by atoms with Crippen LogP contribution in [0.2, 0.25) is 0 Å². The van der Waals surface area contributed by atoms with Gasteiger partial charge in [-0.05, 0) is 48.4 Å². The fourth-order valence-electron chi connectivity index (χ4n) is 3.14. The van der Waals surface area contributed by atoms with Crippen molar-refractivity contribution in [3.8, 4) is 0 Å². The van der Waals surface area contributed by atoms with Gasteiger partial charge in [0, 0.05) is 38.1 Å². The van der Waals surface area contributed by atoms with Gasteiger partial charge in [-0.15, -0.1) is 22.7 Å². The molecule has 0 saturated heterocycles. The van der Waals surface area contributed by atoms with E-state index in [1.54, 1.807) is 11.3 Å². The first kappa shape index (κ1) is 12.5. The SMILES string of the molecule is NC(c1cc2sccc2s1)C1CCCc2cccnc21. The van der Waals surface area contributed by atoms with E-state index in [9.17, 15) is 0 Å². The Balaban J connectivity index is 1.72. The van der Waals surface area contributed by atoms with Crippen LogP contribution in [0.5, 0.6) is 0 Å². The van der Waals surface area contributed by atoms with Gasteiger partial charge in [-0.3, -0.25) is 4.98 Å². The van der Waals surface area contributed by atoms with Crippen LogP contribution in [0.4, 0.5) is 0 Å². The van der Waals surface area contributed by atoms with Crippen molar-refractivity contribution in [3.05, 3.63) is 52.0 Å². The maximum Gasteiger partial charge on any atom is 0.0485 e. The Morgan fingerprint density at radius 3 is 3.15 bits per heavy atom. The standard InChI is InChI=1S/C16H16N2S2/c17-15(14-9-13-12(20-14)6-8-19-13)11-5-1-3-10-4-2-7-18-16(10)11/h2,4,6-9,11,15H,1,3,5,17H2. The number of nitrogens with two attached hydrogens (primary N) is 1. The van der Waals surface area contributed by atoms with E-state index in [-0.39, 0.29) is 6.04 Å². The zero-order chi connectivity index (χ0) is 13.5. The van der Waals surface area contributed by atoms with Crippen LogP contribution < -0.4 is 5.73 Å². The summed E-state index contributed by atoms with van der Waals surface area (Å²) in [5.74, 6) is 0.368. The minimum Gasteiger partial charge on any atom is -0.323 e. The Morgan fingerprint density at radius 2 is 2.25 bits per heavy atom. The molecule has 0 aliphatic heterocycles. The van der Waals surface area contributed by atoms with Gasteiger partial charge < -0.3 is 5.73 Å². The second-order valence-electron chi connectivity index (χ2n) is 5.37. The molecule has 2 nitrogen and oxygen atoms in total. The lowest BCUT2D eigenvalue weighted by atomic mass is 9.82. The topological polar surface area (TPSA) is 38.9 Å². The second-order valence-corrected chi connectivity index (χ2v) is 7.43. The number of aryl methyl sites for hydroxylation is 1. The van der Waals surface area contributed by atoms with Crippen molar-refractivity contribution >= 4 is 32.1 Å². The molecular weight excluding hydrogens is 284 g/mol. The zero-order valence-electron chi connectivity index (χ0n) is 11.1. The van der Waals surface area contributed by atoms with Gasteiger partial charge in [0.25, 0.3) is 0 Å². The van der Waals surface area contributed by atoms with E-state index < -0.39 is 0 Å². The summed E-state index contributed by atoms with van der Waals surface area (Å²) >= 11 is 3.64. The van der Waals surface area contributed by atoms with Crippen LogP contribution in [0.3, 0.4) is 0 Å². The second kappa shape index (κ2) is 4.95. The van der Waals surface area contributed by atoms with Crippen LogP contribution in [-0.2, 0) is 6.42 Å². The Bertz CT molecular complexity index is 715. The van der Waals surface area contributed by atoms with E-state index in [0.29, 0.717) is 5.92 Å². The molecule has 3 aromatic heterocycles. The van der Waals surface area contributed by atoms with Crippen molar-refractivity contribution in [2.45, 2.75) is 31.2 Å². The van der Waals surface area contributed by atoms with E-state index in [1.807, 2.05) is 23.6 Å². The molecule has 0 radical (unpaired) electrons. The molecule has 4 rings (SSSR count). The maximum atomic E-state index is 6.58. The summed E-state index contributed by atoms with van der Waals surface area (Å²) < 4.78 is 2.72. The third-order valence-corrected chi connectivity index (χ3v) is 6.35. The number of pyridine rings is 1. The first-order valence-corrected chi connectivity index (χ1v) is 8.69. The van der Waals surface area contributed by atoms with Crippen LogP contribution in [0, 0.1) is 0 Å². The number of fused-ring (bicyclic) bond motifs is 2. The van der Waals surface area contributed by atoms with Crippen molar-refractivity contribution in [2.24, 2.45) is 5.73 Å². The molecule has 0 amide bonds. The fourth-order valence-corrected chi connectivity index (χ4v) is 5.33. The normalized spacial score (nSPS) is 19.9. The molecule has 2 N–H and O–H groups in total. The van der Waals surface area contributed by atoms with Crippen molar-refractivity contribution in [1.29, 1.82) is 0 Å². The average molecular weight is 300 g/mol. The predicted molar refractivity (Wildman–Crippen MR) is 86.5 cm³/mol. The van der Waals surface area contributed by atoms with Gasteiger partial charge >= 0.3 is 0 Å². The number of hydrogen-bond donors (Lipinski definition) is 1. The summed E-state index contributed by atoms with van der Waals surface area (Å²) in [6, 6.07) is 8.77. The highest BCUT2D eigenvalue weighted by atomic mass is 32.1. The lowest BCUT2D eigenvalue weighted by Crippen LogP contribution is -2.23. The monoisotopic (exact) mass is 300 g/mol. The first-order chi connectivity index (χ1) is 9.83. The zero-order valence-corrected chi connectivity index (χ0v) is 12.7. The summed E-state index contributed by atoms with van der Waals surface area (Å²) in [5, 5.41) is 2.15. The average Bonchev–Trinajstić information content (AvgIpc) is 3.07. The van der Waals surface area contributed by atoms with Crippen LogP contribution in [0.15, 0.2) is 35.8 Å². The molecule has 4 heteroatoms. The van der Waals surface area contributed by atoms with Gasteiger partial charge in [-0.1, -0.05) is 6.07 Å². The van der Waals surface area contributed by atoms with Crippen molar-refractivity contribution in [2.75, 3.05) is 0 Å². The van der Waals surface area contributed by atoms with Crippen molar-refractivity contribution < 1.29 is 0 Å². The van der Waals surface area contributed by atoms with E-state index >= 15 is 0 Å². The number of nitrogens with zero attached hydrogens (tertiary/aromatic N) is 1. The molecule has 20 heavy (non-hydrogen) atoms. The Kier molecular flexibility index (Phi) is 3.10. The minimum absolute atomic E-state index is 0.0774. The summed E-state index contributed by atoms with van der Waals surface area (Å²) in [4.78, 5) is 5.92. The van der Waals surface area contributed by atoms with Gasteiger partial charge in [0.1, 0.15) is 0 Å². The fraction of sp³-hybridized carbons (Fsp3) is 0.312. The number of hydrogen-bond acceptors (Lipinski definition) is 4. The highest BCUT2D eigenvalue weighted by molar-refractivity contribution is 7.26. The number of rotatable bonds is 2. The molecule has 3 heterocycles. The molecule has 102 valence electrons. The summed E-state index contributed by atoms with van der Waals surface area (Å²) in [6.07, 6.45) is 5.41. The molecule has 2 unspecified atom stereocenters. The molecule has 1 aliphatic carbocycles. The van der Waals surface area contributed by atoms with Gasteiger partial charge in [-0.25, -0.2) is 0 Å². The Labute approximate surface area is 126 Å². The van der Waals surface area contributed by atoms with E-state index in [0.717, 1.165) is 12.8 Å². The molecule has 0 fully saturated rings. The molecule has 0 aromatic carbocycles. The quantitative estimate of drug-likeness (QED) is 0.758. The predicted octanol–water partition coefficient (Wildman–Crippen LogP) is 4.48. The van der Waals surface area contributed by atoms with Gasteiger partial charge in [0.15, 0.2) is 0 Å². The summed E-state index contributed by atoms with van der Waals surface area (Å²) in [7, 11) is 0. The molecule has 1 aliphatic rings. The smallest absolute Gasteiger partial charge is 0.0485 e. The molecule has 0 bridgehead atoms. The maximum absolute atomic E-state index is 6.58. The van der Waals surface area contributed by atoms with Crippen LogP contribution in [0.25, 0.3) is 9.40 Å². The largest absolute Gasteiger partial charge is 0.323 e. The lowest BCUT2D eigenvalue weighted by molar-refractivity contribution is 0.467. The first-order valence-electron chi connectivity index (χ1n) is 6.99. The molecule has 3 aromatic rings. The lowest BCUT2D eigenvalue weighted by Gasteiger charge is -2.28. The van der Waals surface area contributed by atoms with Gasteiger partial charge in [0.2, 0.25) is 0 Å². The van der Waals surface area contributed by atoms with E-state index in [2.05, 4.69) is 28.6 Å². The number of aromatic nitrogens is 1. The van der Waals surface area contributed by atoms with Gasteiger partial charge in [-0.2, -0.15) is 0 Å². The highest BCUT2D eigenvalue weighted by Gasteiger charge is 2.28. The summed E-state index contributed by atoms with van der Waals surface area (Å²) in [6.45, 7) is 0. The number of thiophene rings is 2. The van der Waals surface area contributed by atoms with Crippen molar-refractivity contribution in [3.63, 3.8) is 0 Å². The Hall–Kier alpha value is -1.23. The van der Waals surface area contributed by atoms with Crippen molar-refractivity contribution in [1.82, 2.24) is 4.98 Å². The molecule has 0 saturated carbocycles. The van der Waals surface area contributed by atoms with Gasteiger partial charge in [0.05, 0.1) is 0 Å². The highest BCUT2D eigenvalue weighted by Crippen LogP contribution is 2.42. The van der Waals surface area contributed by atoms with Crippen LogP contribution >= 0.6 is 22.7 Å². The van der Waals surface area contributed by atoms with Crippen LogP contribution in [0.1, 0.15) is 40.9 Å². The minimum atomic E-state index is 0.0774. The van der Waals surface area contributed by atoms with E-state index in [4.69, 9.17) is 5.73 Å². The molecule has 2 atom stereocenters. The Morgan fingerprint density at radius 1 is 1.30 bits per heavy atom. The third-order valence-electron chi connectivity index (χ3n) is 4.16. The summed E-state index contributed by atoms with van der Waals surface area (Å²) in [5.41, 5.74) is 9.19. The van der Waals surface area contributed by atoms with Crippen LogP contribution in [-0.4, -0.2) is 4.98 Å². The third kappa shape index (κ3) is 1.99. The molecule has 0 spiro atoms. The van der Waals surface area contributed by atoms with E-state index in [1.165, 1.54) is 32.0 Å². The molecular formula is C16H16N2S2.